The number of carbonyl (C=O) groups is 2. The molecule has 23 heavy (non-hydrogen) atoms. The topological polar surface area (TPSA) is 55.8 Å². The van der Waals surface area contributed by atoms with Gasteiger partial charge >= 0.3 is 0 Å². The van der Waals surface area contributed by atoms with Gasteiger partial charge in [-0.1, -0.05) is 12.2 Å². The van der Waals surface area contributed by atoms with Gasteiger partial charge in [0.25, 0.3) is 0 Å². The molecule has 4 aliphatic carbocycles. The van der Waals surface area contributed by atoms with Crippen LogP contribution in [0.3, 0.4) is 0 Å². The van der Waals surface area contributed by atoms with E-state index in [4.69, 9.17) is 9.47 Å². The lowest BCUT2D eigenvalue weighted by atomic mass is 9.63. The number of allylic oxidation sites excluding steroid dienone is 2. The third-order valence-electron chi connectivity index (χ3n) is 6.28. The van der Waals surface area contributed by atoms with Gasteiger partial charge in [-0.2, -0.15) is 0 Å². The van der Waals surface area contributed by atoms with Crippen molar-refractivity contribution in [2.45, 2.75) is 6.42 Å². The van der Waals surface area contributed by atoms with Crippen molar-refractivity contribution >= 4 is 17.5 Å². The van der Waals surface area contributed by atoms with Crippen LogP contribution in [0.4, 0.5) is 5.69 Å². The highest BCUT2D eigenvalue weighted by molar-refractivity contribution is 6.22. The number of rotatable bonds is 1. The molecule has 2 amide bonds. The Morgan fingerprint density at radius 1 is 0.913 bits per heavy atom. The van der Waals surface area contributed by atoms with Crippen molar-refractivity contribution in [2.24, 2.45) is 35.5 Å². The number of amides is 2. The third-order valence-corrected chi connectivity index (χ3v) is 6.28. The van der Waals surface area contributed by atoms with E-state index in [9.17, 15) is 9.59 Å². The zero-order valence-corrected chi connectivity index (χ0v) is 12.3. The van der Waals surface area contributed by atoms with E-state index in [0.717, 1.165) is 0 Å². The molecule has 2 bridgehead atoms. The van der Waals surface area contributed by atoms with Crippen molar-refractivity contribution in [3.05, 3.63) is 30.4 Å². The predicted octanol–water partition coefficient (Wildman–Crippen LogP) is 1.97. The summed E-state index contributed by atoms with van der Waals surface area (Å²) in [6, 6.07) is 5.28. The van der Waals surface area contributed by atoms with Gasteiger partial charge in [0.1, 0.15) is 0 Å². The first-order valence-electron chi connectivity index (χ1n) is 8.20. The molecular formula is C18H15NO4. The van der Waals surface area contributed by atoms with E-state index < -0.39 is 0 Å². The van der Waals surface area contributed by atoms with Crippen molar-refractivity contribution < 1.29 is 19.1 Å². The summed E-state index contributed by atoms with van der Waals surface area (Å²) in [6.07, 6.45) is 5.56. The maximum absolute atomic E-state index is 13.0. The number of fused-ring (bicyclic) bond motifs is 1. The summed E-state index contributed by atoms with van der Waals surface area (Å²) in [5.41, 5.74) is 0.603. The molecule has 1 saturated heterocycles. The minimum Gasteiger partial charge on any atom is -0.454 e. The second kappa shape index (κ2) is 3.78. The number of imide groups is 1. The highest BCUT2D eigenvalue weighted by atomic mass is 16.7. The Bertz CT molecular complexity index is 764. The lowest BCUT2D eigenvalue weighted by molar-refractivity contribution is -0.124. The Kier molecular flexibility index (Phi) is 2.00. The standard InChI is InChI=1S/C18H15NO4/c20-17-15-9-2-3-10(12-6-11(9)12)16(15)18(21)19(17)8-1-4-13-14(5-8)23-7-22-13/h1-5,9-12,15-16H,6-7H2. The van der Waals surface area contributed by atoms with Crippen molar-refractivity contribution in [3.63, 3.8) is 0 Å². The highest BCUT2D eigenvalue weighted by Gasteiger charge is 2.67. The normalized spacial score (nSPS) is 41.3. The van der Waals surface area contributed by atoms with E-state index in [2.05, 4.69) is 12.2 Å². The summed E-state index contributed by atoms with van der Waals surface area (Å²) < 4.78 is 10.7. The van der Waals surface area contributed by atoms with Crippen molar-refractivity contribution in [2.75, 3.05) is 11.7 Å². The van der Waals surface area contributed by atoms with Crippen LogP contribution in [0.5, 0.6) is 11.5 Å². The maximum atomic E-state index is 13.0. The summed E-state index contributed by atoms with van der Waals surface area (Å²) in [5, 5.41) is 0. The van der Waals surface area contributed by atoms with E-state index in [1.165, 1.54) is 11.3 Å². The summed E-state index contributed by atoms with van der Waals surface area (Å²) in [6.45, 7) is 0.184. The molecule has 5 heteroatoms. The van der Waals surface area contributed by atoms with Crippen LogP contribution in [-0.2, 0) is 9.59 Å². The number of hydrogen-bond acceptors (Lipinski definition) is 4. The second-order valence-corrected chi connectivity index (χ2v) is 7.20. The molecule has 5 nitrogen and oxygen atoms in total. The van der Waals surface area contributed by atoms with Gasteiger partial charge in [0.2, 0.25) is 18.6 Å². The van der Waals surface area contributed by atoms with Gasteiger partial charge in [0, 0.05) is 6.07 Å². The van der Waals surface area contributed by atoms with Crippen LogP contribution < -0.4 is 14.4 Å². The van der Waals surface area contributed by atoms with Crippen LogP contribution in [0.1, 0.15) is 6.42 Å². The Morgan fingerprint density at radius 3 is 2.26 bits per heavy atom. The van der Waals surface area contributed by atoms with Crippen molar-refractivity contribution in [3.8, 4) is 11.5 Å². The van der Waals surface area contributed by atoms with Gasteiger partial charge in [-0.25, -0.2) is 4.90 Å². The number of anilines is 1. The molecule has 2 aliphatic heterocycles. The average molecular weight is 309 g/mol. The molecule has 7 rings (SSSR count). The Balaban J connectivity index is 1.43. The molecule has 0 spiro atoms. The molecular weight excluding hydrogens is 294 g/mol. The quantitative estimate of drug-likeness (QED) is 0.588. The summed E-state index contributed by atoms with van der Waals surface area (Å²) in [7, 11) is 0. The fraction of sp³-hybridized carbons (Fsp3) is 0.444. The van der Waals surface area contributed by atoms with E-state index in [1.807, 2.05) is 0 Å². The van der Waals surface area contributed by atoms with E-state index in [1.54, 1.807) is 18.2 Å². The smallest absolute Gasteiger partial charge is 0.238 e. The first-order chi connectivity index (χ1) is 11.2. The number of nitrogens with zero attached hydrogens (tertiary/aromatic N) is 1. The van der Waals surface area contributed by atoms with Crippen LogP contribution in [0.15, 0.2) is 30.4 Å². The van der Waals surface area contributed by atoms with E-state index >= 15 is 0 Å². The molecule has 2 saturated carbocycles. The molecule has 6 aliphatic rings. The summed E-state index contributed by atoms with van der Waals surface area (Å²) in [5.74, 6) is 2.62. The molecule has 0 radical (unpaired) electrons. The van der Waals surface area contributed by atoms with Crippen LogP contribution >= 0.6 is 0 Å². The Morgan fingerprint density at radius 2 is 1.57 bits per heavy atom. The molecule has 1 aromatic rings. The fourth-order valence-electron chi connectivity index (χ4n) is 5.24. The average Bonchev–Trinajstić information content (AvgIpc) is 3.20. The van der Waals surface area contributed by atoms with Gasteiger partial charge in [0.05, 0.1) is 17.5 Å². The lowest BCUT2D eigenvalue weighted by Gasteiger charge is -2.37. The first kappa shape index (κ1) is 12.2. The van der Waals surface area contributed by atoms with Gasteiger partial charge in [-0.3, -0.25) is 9.59 Å². The van der Waals surface area contributed by atoms with Gasteiger partial charge in [-0.05, 0) is 42.2 Å². The van der Waals surface area contributed by atoms with Crippen LogP contribution in [0.25, 0.3) is 0 Å². The maximum Gasteiger partial charge on any atom is 0.238 e. The first-order valence-corrected chi connectivity index (χ1v) is 8.20. The Hall–Kier alpha value is -2.30. The summed E-state index contributed by atoms with van der Waals surface area (Å²) in [4.78, 5) is 27.4. The zero-order chi connectivity index (χ0) is 15.3. The van der Waals surface area contributed by atoms with Crippen LogP contribution in [0.2, 0.25) is 0 Å². The SMILES string of the molecule is O=C1C2C3C=CC(C4CC34)C2C(=O)N1c1ccc2c(c1)OCO2. The molecule has 6 unspecified atom stereocenters. The molecule has 6 atom stereocenters. The van der Waals surface area contributed by atoms with Crippen molar-refractivity contribution in [1.82, 2.24) is 0 Å². The minimum atomic E-state index is -0.160. The van der Waals surface area contributed by atoms with Gasteiger partial charge < -0.3 is 9.47 Å². The molecule has 1 aromatic carbocycles. The highest BCUT2D eigenvalue weighted by Crippen LogP contribution is 2.65. The number of benzene rings is 1. The zero-order valence-electron chi connectivity index (χ0n) is 12.3. The third kappa shape index (κ3) is 1.35. The molecule has 2 heterocycles. The molecule has 3 fully saturated rings. The molecule has 0 N–H and O–H groups in total. The van der Waals surface area contributed by atoms with Crippen molar-refractivity contribution in [1.29, 1.82) is 0 Å². The van der Waals surface area contributed by atoms with Gasteiger partial charge in [-0.15, -0.1) is 0 Å². The summed E-state index contributed by atoms with van der Waals surface area (Å²) >= 11 is 0. The predicted molar refractivity (Wildman–Crippen MR) is 79.8 cm³/mol. The lowest BCUT2D eigenvalue weighted by Crippen LogP contribution is -2.40. The van der Waals surface area contributed by atoms with Crippen LogP contribution in [0, 0.1) is 35.5 Å². The van der Waals surface area contributed by atoms with Gasteiger partial charge in [0.15, 0.2) is 11.5 Å². The molecule has 0 aromatic heterocycles. The number of ether oxygens (including phenoxy) is 2. The second-order valence-electron chi connectivity index (χ2n) is 7.20. The number of carbonyl (C=O) groups excluding carboxylic acids is 2. The Labute approximate surface area is 132 Å². The number of hydrogen-bond donors (Lipinski definition) is 0. The monoisotopic (exact) mass is 309 g/mol. The molecule has 116 valence electrons. The van der Waals surface area contributed by atoms with E-state index in [0.29, 0.717) is 29.0 Å². The largest absolute Gasteiger partial charge is 0.454 e. The van der Waals surface area contributed by atoms with Crippen LogP contribution in [-0.4, -0.2) is 18.6 Å². The fourth-order valence-corrected chi connectivity index (χ4v) is 5.24. The van der Waals surface area contributed by atoms with E-state index in [-0.39, 0.29) is 42.3 Å². The minimum absolute atomic E-state index is 0.0384.